The van der Waals surface area contributed by atoms with Gasteiger partial charge in [0.2, 0.25) is 0 Å². The van der Waals surface area contributed by atoms with E-state index in [9.17, 15) is 10.1 Å². The molecule has 0 fully saturated rings. The first-order valence-electron chi connectivity index (χ1n) is 6.20. The molecule has 0 aliphatic carbocycles. The van der Waals surface area contributed by atoms with E-state index < -0.39 is 4.92 Å². The van der Waals surface area contributed by atoms with Crippen LogP contribution in [0.15, 0.2) is 48.5 Å². The lowest BCUT2D eigenvalue weighted by Crippen LogP contribution is -2.03. The zero-order chi connectivity index (χ0) is 14.4. The third-order valence-corrected chi connectivity index (χ3v) is 2.85. The van der Waals surface area contributed by atoms with Crippen LogP contribution in [0.4, 0.5) is 5.69 Å². The summed E-state index contributed by atoms with van der Waals surface area (Å²) in [6.07, 6.45) is 0.729. The summed E-state index contributed by atoms with van der Waals surface area (Å²) in [5.74, 6) is 0.876. The van der Waals surface area contributed by atoms with Gasteiger partial charge in [0, 0.05) is 12.5 Å². The fraction of sp³-hybridized carbons (Fsp3) is 0.200. The van der Waals surface area contributed by atoms with Crippen molar-refractivity contribution in [2.24, 2.45) is 0 Å². The molecule has 0 bridgehead atoms. The minimum absolute atomic E-state index is 0.0134. The molecule has 2 aromatic carbocycles. The molecule has 2 aromatic rings. The Morgan fingerprint density at radius 2 is 1.85 bits per heavy atom. The van der Waals surface area contributed by atoms with Crippen LogP contribution in [0.25, 0.3) is 0 Å². The number of non-ortho nitro benzene ring substituents is 1. The molecule has 0 spiro atoms. The maximum atomic E-state index is 10.8. The molecule has 2 rings (SSSR count). The number of ether oxygens (including phenoxy) is 2. The van der Waals surface area contributed by atoms with Gasteiger partial charge in [-0.05, 0) is 11.6 Å². The molecule has 0 aliphatic heterocycles. The van der Waals surface area contributed by atoms with Crippen LogP contribution < -0.4 is 9.47 Å². The molecule has 0 radical (unpaired) electrons. The lowest BCUT2D eigenvalue weighted by molar-refractivity contribution is -0.385. The Morgan fingerprint density at radius 1 is 1.10 bits per heavy atom. The van der Waals surface area contributed by atoms with E-state index in [-0.39, 0.29) is 5.69 Å². The second kappa shape index (κ2) is 6.56. The van der Waals surface area contributed by atoms with E-state index in [2.05, 4.69) is 0 Å². The smallest absolute Gasteiger partial charge is 0.273 e. The number of nitro benzene ring substituents is 1. The first kappa shape index (κ1) is 13.9. The minimum Gasteiger partial charge on any atom is -0.493 e. The number of nitro groups is 1. The Kier molecular flexibility index (Phi) is 4.55. The lowest BCUT2D eigenvalue weighted by Gasteiger charge is -2.10. The molecule has 5 nitrogen and oxygen atoms in total. The normalized spacial score (nSPS) is 10.1. The van der Waals surface area contributed by atoms with E-state index in [1.54, 1.807) is 0 Å². The summed E-state index contributed by atoms with van der Waals surface area (Å²) in [7, 11) is 1.51. The minimum atomic E-state index is -0.455. The molecule has 5 heteroatoms. The molecular formula is C15H15NO4. The molecule has 104 valence electrons. The lowest BCUT2D eigenvalue weighted by atomic mass is 10.2. The Balaban J connectivity index is 2.04. The van der Waals surface area contributed by atoms with E-state index in [4.69, 9.17) is 9.47 Å². The monoisotopic (exact) mass is 273 g/mol. The highest BCUT2D eigenvalue weighted by atomic mass is 16.6. The van der Waals surface area contributed by atoms with Crippen molar-refractivity contribution in [3.63, 3.8) is 0 Å². The fourth-order valence-corrected chi connectivity index (χ4v) is 1.82. The Bertz CT molecular complexity index is 584. The second-order valence-electron chi connectivity index (χ2n) is 4.18. The number of benzene rings is 2. The molecule has 20 heavy (non-hydrogen) atoms. The van der Waals surface area contributed by atoms with Crippen molar-refractivity contribution in [2.45, 2.75) is 6.42 Å². The van der Waals surface area contributed by atoms with Crippen LogP contribution in [-0.2, 0) is 6.42 Å². The van der Waals surface area contributed by atoms with Gasteiger partial charge in [-0.15, -0.1) is 0 Å². The average Bonchev–Trinajstić information content (AvgIpc) is 2.48. The molecule has 0 saturated heterocycles. The number of nitrogens with zero attached hydrogens (tertiary/aromatic N) is 1. The molecule has 0 saturated carbocycles. The van der Waals surface area contributed by atoms with Crippen LogP contribution in [0.1, 0.15) is 5.56 Å². The zero-order valence-corrected chi connectivity index (χ0v) is 11.1. The molecule has 0 atom stereocenters. The van der Waals surface area contributed by atoms with Gasteiger partial charge in [0.1, 0.15) is 0 Å². The van der Waals surface area contributed by atoms with Crippen LogP contribution >= 0.6 is 0 Å². The fourth-order valence-electron chi connectivity index (χ4n) is 1.82. The molecule has 0 unspecified atom stereocenters. The van der Waals surface area contributed by atoms with Crippen molar-refractivity contribution in [2.75, 3.05) is 13.7 Å². The maximum absolute atomic E-state index is 10.8. The van der Waals surface area contributed by atoms with Gasteiger partial charge in [-0.25, -0.2) is 0 Å². The van der Waals surface area contributed by atoms with E-state index in [0.29, 0.717) is 18.1 Å². The number of methoxy groups -OCH3 is 1. The van der Waals surface area contributed by atoms with Gasteiger partial charge in [-0.1, -0.05) is 30.3 Å². The predicted molar refractivity (Wildman–Crippen MR) is 75.3 cm³/mol. The van der Waals surface area contributed by atoms with Gasteiger partial charge >= 0.3 is 0 Å². The molecule has 0 heterocycles. The summed E-state index contributed by atoms with van der Waals surface area (Å²) in [4.78, 5) is 10.3. The molecule has 0 aliphatic rings. The third kappa shape index (κ3) is 3.47. The SMILES string of the molecule is COc1ccc([N+](=O)[O-])cc1OCCc1ccccc1. The van der Waals surface area contributed by atoms with E-state index in [1.165, 1.54) is 25.3 Å². The van der Waals surface area contributed by atoms with Gasteiger partial charge in [0.25, 0.3) is 5.69 Å². The van der Waals surface area contributed by atoms with Gasteiger partial charge in [-0.2, -0.15) is 0 Å². The van der Waals surface area contributed by atoms with Crippen LogP contribution in [-0.4, -0.2) is 18.6 Å². The average molecular weight is 273 g/mol. The predicted octanol–water partition coefficient (Wildman–Crippen LogP) is 3.22. The van der Waals surface area contributed by atoms with Crippen LogP contribution in [0.5, 0.6) is 11.5 Å². The highest BCUT2D eigenvalue weighted by Crippen LogP contribution is 2.31. The highest BCUT2D eigenvalue weighted by Gasteiger charge is 2.12. The third-order valence-electron chi connectivity index (χ3n) is 2.85. The van der Waals surface area contributed by atoms with E-state index in [0.717, 1.165) is 12.0 Å². The van der Waals surface area contributed by atoms with Crippen LogP contribution in [0.2, 0.25) is 0 Å². The highest BCUT2D eigenvalue weighted by molar-refractivity contribution is 5.48. The van der Waals surface area contributed by atoms with Crippen molar-refractivity contribution < 1.29 is 14.4 Å². The van der Waals surface area contributed by atoms with Gasteiger partial charge in [0.15, 0.2) is 11.5 Å². The Labute approximate surface area is 116 Å². The quantitative estimate of drug-likeness (QED) is 0.599. The first-order valence-corrected chi connectivity index (χ1v) is 6.20. The maximum Gasteiger partial charge on any atom is 0.273 e. The number of rotatable bonds is 6. The summed E-state index contributed by atoms with van der Waals surface area (Å²) in [5.41, 5.74) is 1.14. The van der Waals surface area contributed by atoms with Crippen molar-refractivity contribution >= 4 is 5.69 Å². The Hall–Kier alpha value is -2.56. The van der Waals surface area contributed by atoms with Crippen molar-refractivity contribution in [1.82, 2.24) is 0 Å². The van der Waals surface area contributed by atoms with E-state index in [1.807, 2.05) is 30.3 Å². The Morgan fingerprint density at radius 3 is 2.50 bits per heavy atom. The number of hydrogen-bond acceptors (Lipinski definition) is 4. The molecule has 0 aromatic heterocycles. The van der Waals surface area contributed by atoms with Gasteiger partial charge in [-0.3, -0.25) is 10.1 Å². The van der Waals surface area contributed by atoms with E-state index >= 15 is 0 Å². The van der Waals surface area contributed by atoms with Crippen molar-refractivity contribution in [3.8, 4) is 11.5 Å². The first-order chi connectivity index (χ1) is 9.70. The largest absolute Gasteiger partial charge is 0.493 e. The standard InChI is InChI=1S/C15H15NO4/c1-19-14-8-7-13(16(17)18)11-15(14)20-10-9-12-5-3-2-4-6-12/h2-8,11H,9-10H2,1H3. The van der Waals surface area contributed by atoms with Crippen LogP contribution in [0.3, 0.4) is 0 Å². The number of hydrogen-bond donors (Lipinski definition) is 0. The van der Waals surface area contributed by atoms with Crippen molar-refractivity contribution in [1.29, 1.82) is 0 Å². The summed E-state index contributed by atoms with van der Waals surface area (Å²) >= 11 is 0. The molecular weight excluding hydrogens is 258 g/mol. The zero-order valence-electron chi connectivity index (χ0n) is 11.1. The summed E-state index contributed by atoms with van der Waals surface area (Å²) in [6, 6.07) is 14.2. The van der Waals surface area contributed by atoms with Gasteiger partial charge < -0.3 is 9.47 Å². The topological polar surface area (TPSA) is 61.6 Å². The van der Waals surface area contributed by atoms with Crippen molar-refractivity contribution in [3.05, 3.63) is 64.2 Å². The molecule has 0 N–H and O–H groups in total. The second-order valence-corrected chi connectivity index (χ2v) is 4.18. The van der Waals surface area contributed by atoms with Gasteiger partial charge in [0.05, 0.1) is 24.7 Å². The van der Waals surface area contributed by atoms with Crippen LogP contribution in [0, 0.1) is 10.1 Å². The summed E-state index contributed by atoms with van der Waals surface area (Å²) in [6.45, 7) is 0.432. The summed E-state index contributed by atoms with van der Waals surface area (Å²) in [5, 5.41) is 10.8. The molecule has 0 amide bonds. The summed E-state index contributed by atoms with van der Waals surface area (Å²) < 4.78 is 10.7.